The summed E-state index contributed by atoms with van der Waals surface area (Å²) < 4.78 is 10.6. The van der Waals surface area contributed by atoms with Crippen LogP contribution in [0.3, 0.4) is 0 Å². The van der Waals surface area contributed by atoms with Crippen molar-refractivity contribution in [1.29, 1.82) is 0 Å². The van der Waals surface area contributed by atoms with Gasteiger partial charge in [0.25, 0.3) is 0 Å². The van der Waals surface area contributed by atoms with Crippen LogP contribution in [-0.4, -0.2) is 59.1 Å². The molecule has 1 aromatic heterocycles. The maximum absolute atomic E-state index is 9.21. The minimum atomic E-state index is -0.263. The Morgan fingerprint density at radius 1 is 1.47 bits per heavy atom. The van der Waals surface area contributed by atoms with E-state index in [-0.39, 0.29) is 30.8 Å². The zero-order valence-corrected chi connectivity index (χ0v) is 10.9. The first-order chi connectivity index (χ1) is 9.16. The summed E-state index contributed by atoms with van der Waals surface area (Å²) in [6.45, 7) is 2.99. The molecule has 1 aliphatic heterocycles. The van der Waals surface area contributed by atoms with Crippen molar-refractivity contribution in [3.63, 3.8) is 0 Å². The standard InChI is InChI=1S/C10H18N6O3/c1-6-3-16(4-7(5-17)19-6)9-12-8(15-11)13-10(14-9)18-2/h6-7,17H,3-5,11H2,1-2H3,(H,12,13,14,15). The van der Waals surface area contributed by atoms with E-state index in [0.29, 0.717) is 19.0 Å². The lowest BCUT2D eigenvalue weighted by Crippen LogP contribution is -2.48. The fraction of sp³-hybridized carbons (Fsp3) is 0.700. The van der Waals surface area contributed by atoms with Gasteiger partial charge in [0.1, 0.15) is 0 Å². The van der Waals surface area contributed by atoms with Crippen LogP contribution in [0.5, 0.6) is 6.01 Å². The molecule has 1 saturated heterocycles. The molecule has 19 heavy (non-hydrogen) atoms. The fourth-order valence-corrected chi connectivity index (χ4v) is 1.95. The first-order valence-electron chi connectivity index (χ1n) is 5.94. The SMILES string of the molecule is COc1nc(NN)nc(N2CC(C)OC(CO)C2)n1. The zero-order chi connectivity index (χ0) is 13.8. The van der Waals surface area contributed by atoms with Gasteiger partial charge in [-0.05, 0) is 6.92 Å². The van der Waals surface area contributed by atoms with Gasteiger partial charge in [-0.3, -0.25) is 5.43 Å². The van der Waals surface area contributed by atoms with Crippen LogP contribution < -0.4 is 20.9 Å². The minimum Gasteiger partial charge on any atom is -0.467 e. The van der Waals surface area contributed by atoms with Crippen molar-refractivity contribution in [2.75, 3.05) is 37.1 Å². The third-order valence-corrected chi connectivity index (χ3v) is 2.73. The second-order valence-electron chi connectivity index (χ2n) is 4.25. The summed E-state index contributed by atoms with van der Waals surface area (Å²) in [4.78, 5) is 14.2. The second kappa shape index (κ2) is 5.95. The van der Waals surface area contributed by atoms with Crippen molar-refractivity contribution in [3.8, 4) is 6.01 Å². The average molecular weight is 270 g/mol. The summed E-state index contributed by atoms with van der Waals surface area (Å²) in [5, 5.41) is 9.21. The van der Waals surface area contributed by atoms with Crippen LogP contribution in [0, 0.1) is 0 Å². The van der Waals surface area contributed by atoms with Gasteiger partial charge in [0.05, 0.1) is 25.9 Å². The van der Waals surface area contributed by atoms with Crippen molar-refractivity contribution < 1.29 is 14.6 Å². The Kier molecular flexibility index (Phi) is 4.30. The smallest absolute Gasteiger partial charge is 0.322 e. The van der Waals surface area contributed by atoms with E-state index in [1.54, 1.807) is 0 Å². The molecule has 0 aliphatic carbocycles. The number of hydrogen-bond donors (Lipinski definition) is 3. The fourth-order valence-electron chi connectivity index (χ4n) is 1.95. The number of nitrogens with two attached hydrogens (primary N) is 1. The van der Waals surface area contributed by atoms with E-state index in [4.69, 9.17) is 15.3 Å². The number of methoxy groups -OCH3 is 1. The lowest BCUT2D eigenvalue weighted by molar-refractivity contribution is -0.0425. The van der Waals surface area contributed by atoms with Crippen LogP contribution in [0.25, 0.3) is 0 Å². The highest BCUT2D eigenvalue weighted by Crippen LogP contribution is 2.19. The molecule has 0 bridgehead atoms. The molecule has 9 heteroatoms. The van der Waals surface area contributed by atoms with Crippen LogP contribution in [0.4, 0.5) is 11.9 Å². The Hall–Kier alpha value is -1.71. The van der Waals surface area contributed by atoms with E-state index in [0.717, 1.165) is 0 Å². The summed E-state index contributed by atoms with van der Waals surface area (Å²) in [6, 6.07) is 0.178. The molecule has 2 unspecified atom stereocenters. The predicted molar refractivity (Wildman–Crippen MR) is 67.8 cm³/mol. The molecule has 2 heterocycles. The number of hydrazine groups is 1. The van der Waals surface area contributed by atoms with Gasteiger partial charge in [-0.2, -0.15) is 15.0 Å². The number of morpholine rings is 1. The van der Waals surface area contributed by atoms with Crippen LogP contribution >= 0.6 is 0 Å². The monoisotopic (exact) mass is 270 g/mol. The summed E-state index contributed by atoms with van der Waals surface area (Å²) in [5.41, 5.74) is 2.37. The lowest BCUT2D eigenvalue weighted by Gasteiger charge is -2.36. The Morgan fingerprint density at radius 3 is 2.89 bits per heavy atom. The highest BCUT2D eigenvalue weighted by molar-refractivity contribution is 5.38. The van der Waals surface area contributed by atoms with E-state index >= 15 is 0 Å². The lowest BCUT2D eigenvalue weighted by atomic mass is 10.2. The molecule has 106 valence electrons. The Morgan fingerprint density at radius 2 is 2.26 bits per heavy atom. The molecule has 1 aromatic rings. The van der Waals surface area contributed by atoms with E-state index in [9.17, 15) is 5.11 Å². The molecule has 0 radical (unpaired) electrons. The molecule has 0 amide bonds. The predicted octanol–water partition coefficient (Wildman–Crippen LogP) is -1.25. The van der Waals surface area contributed by atoms with Gasteiger partial charge >= 0.3 is 6.01 Å². The van der Waals surface area contributed by atoms with Crippen LogP contribution in [0.2, 0.25) is 0 Å². The van der Waals surface area contributed by atoms with Gasteiger partial charge in [0.15, 0.2) is 0 Å². The summed E-state index contributed by atoms with van der Waals surface area (Å²) >= 11 is 0. The number of hydrogen-bond acceptors (Lipinski definition) is 9. The quantitative estimate of drug-likeness (QED) is 0.455. The maximum atomic E-state index is 9.21. The highest BCUT2D eigenvalue weighted by atomic mass is 16.5. The molecule has 2 atom stereocenters. The number of nitrogens with one attached hydrogen (secondary N) is 1. The third kappa shape index (κ3) is 3.19. The van der Waals surface area contributed by atoms with Crippen molar-refractivity contribution in [2.24, 2.45) is 5.84 Å². The van der Waals surface area contributed by atoms with E-state index < -0.39 is 0 Å². The number of anilines is 2. The van der Waals surface area contributed by atoms with Gasteiger partial charge < -0.3 is 19.5 Å². The van der Waals surface area contributed by atoms with Gasteiger partial charge in [0, 0.05) is 13.1 Å². The molecular weight excluding hydrogens is 252 g/mol. The van der Waals surface area contributed by atoms with Crippen molar-refractivity contribution in [1.82, 2.24) is 15.0 Å². The molecular formula is C10H18N6O3. The third-order valence-electron chi connectivity index (χ3n) is 2.73. The minimum absolute atomic E-state index is 0.0251. The highest BCUT2D eigenvalue weighted by Gasteiger charge is 2.27. The average Bonchev–Trinajstić information content (AvgIpc) is 2.45. The van der Waals surface area contributed by atoms with Gasteiger partial charge in [-0.1, -0.05) is 0 Å². The first-order valence-corrected chi connectivity index (χ1v) is 5.94. The largest absolute Gasteiger partial charge is 0.467 e. The molecule has 9 nitrogen and oxygen atoms in total. The van der Waals surface area contributed by atoms with Crippen molar-refractivity contribution >= 4 is 11.9 Å². The Labute approximate surface area is 110 Å². The summed E-state index contributed by atoms with van der Waals surface area (Å²) in [7, 11) is 1.47. The Balaban J connectivity index is 2.24. The number of nitrogens with zero attached hydrogens (tertiary/aromatic N) is 4. The summed E-state index contributed by atoms with van der Waals surface area (Å²) in [5.74, 6) is 5.97. The zero-order valence-electron chi connectivity index (χ0n) is 10.9. The molecule has 1 fully saturated rings. The van der Waals surface area contributed by atoms with Crippen molar-refractivity contribution in [3.05, 3.63) is 0 Å². The Bertz CT molecular complexity index is 409. The number of aliphatic hydroxyl groups is 1. The molecule has 1 aliphatic rings. The number of nitrogen functional groups attached to an aromatic ring is 1. The van der Waals surface area contributed by atoms with E-state index in [1.165, 1.54) is 7.11 Å². The number of rotatable bonds is 4. The van der Waals surface area contributed by atoms with E-state index in [2.05, 4.69) is 20.4 Å². The maximum Gasteiger partial charge on any atom is 0.322 e. The number of aliphatic hydroxyl groups excluding tert-OH is 1. The van der Waals surface area contributed by atoms with Gasteiger partial charge in [-0.15, -0.1) is 0 Å². The normalized spacial score (nSPS) is 23.3. The van der Waals surface area contributed by atoms with Crippen LogP contribution in [0.15, 0.2) is 0 Å². The van der Waals surface area contributed by atoms with Crippen molar-refractivity contribution in [2.45, 2.75) is 19.1 Å². The van der Waals surface area contributed by atoms with Crippen LogP contribution in [-0.2, 0) is 4.74 Å². The van der Waals surface area contributed by atoms with Gasteiger partial charge in [0.2, 0.25) is 11.9 Å². The number of aromatic nitrogens is 3. The van der Waals surface area contributed by atoms with Gasteiger partial charge in [-0.25, -0.2) is 5.84 Å². The molecule has 0 aromatic carbocycles. The molecule has 4 N–H and O–H groups in total. The first kappa shape index (κ1) is 13.7. The van der Waals surface area contributed by atoms with E-state index in [1.807, 2.05) is 11.8 Å². The topological polar surface area (TPSA) is 119 Å². The molecule has 0 saturated carbocycles. The van der Waals surface area contributed by atoms with Crippen LogP contribution in [0.1, 0.15) is 6.92 Å². The summed E-state index contributed by atoms with van der Waals surface area (Å²) in [6.07, 6.45) is -0.288. The second-order valence-corrected chi connectivity index (χ2v) is 4.25. The molecule has 0 spiro atoms. The molecule has 2 rings (SSSR count). The number of ether oxygens (including phenoxy) is 2.